The molecule has 0 aliphatic carbocycles. The molecule has 8 heteroatoms. The Balaban J connectivity index is 1.73. The minimum Gasteiger partial charge on any atom is -0.325 e. The summed E-state index contributed by atoms with van der Waals surface area (Å²) in [6.45, 7) is 0.576. The van der Waals surface area contributed by atoms with Gasteiger partial charge in [-0.1, -0.05) is 0 Å². The number of alkyl halides is 3. The number of amides is 1. The molecule has 2 rings (SSSR count). The van der Waals surface area contributed by atoms with E-state index in [1.165, 1.54) is 29.2 Å². The van der Waals surface area contributed by atoms with Crippen molar-refractivity contribution < 1.29 is 22.4 Å². The number of carbonyl (C=O) groups is 1. The van der Waals surface area contributed by atoms with E-state index in [2.05, 4.69) is 5.32 Å². The average Bonchev–Trinajstić information content (AvgIpc) is 2.42. The number of hydrogen-bond donors (Lipinski definition) is 1. The summed E-state index contributed by atoms with van der Waals surface area (Å²) in [7, 11) is 0. The molecular weight excluding hydrogens is 302 g/mol. The van der Waals surface area contributed by atoms with Crippen LogP contribution in [0, 0.1) is 5.82 Å². The third-order valence-electron chi connectivity index (χ3n) is 3.36. The van der Waals surface area contributed by atoms with Gasteiger partial charge in [-0.3, -0.25) is 14.6 Å². The Morgan fingerprint density at radius 2 is 1.59 bits per heavy atom. The van der Waals surface area contributed by atoms with Crippen molar-refractivity contribution in [3.8, 4) is 0 Å². The van der Waals surface area contributed by atoms with Crippen molar-refractivity contribution in [1.29, 1.82) is 0 Å². The minimum atomic E-state index is -4.19. The first-order valence-corrected chi connectivity index (χ1v) is 6.89. The Hall–Kier alpha value is -1.67. The summed E-state index contributed by atoms with van der Waals surface area (Å²) in [5, 5.41) is 2.63. The molecule has 1 saturated heterocycles. The fourth-order valence-corrected chi connectivity index (χ4v) is 2.30. The number of nitrogens with zero attached hydrogens (tertiary/aromatic N) is 2. The van der Waals surface area contributed by atoms with Gasteiger partial charge in [-0.05, 0) is 24.3 Å². The SMILES string of the molecule is O=C(CN1CCN(CC(F)(F)F)CC1)Nc1ccc(F)cc1. The maximum Gasteiger partial charge on any atom is 0.401 e. The van der Waals surface area contributed by atoms with Crippen LogP contribution >= 0.6 is 0 Å². The van der Waals surface area contributed by atoms with Crippen molar-refractivity contribution in [2.24, 2.45) is 0 Å². The predicted molar refractivity (Wildman–Crippen MR) is 74.0 cm³/mol. The maximum atomic E-state index is 12.7. The lowest BCUT2D eigenvalue weighted by Crippen LogP contribution is -2.50. The van der Waals surface area contributed by atoms with Gasteiger partial charge in [-0.15, -0.1) is 0 Å². The van der Waals surface area contributed by atoms with E-state index >= 15 is 0 Å². The lowest BCUT2D eigenvalue weighted by molar-refractivity contribution is -0.149. The Labute approximate surface area is 125 Å². The standard InChI is InChI=1S/C14H17F4N3O/c15-11-1-3-12(4-2-11)19-13(22)9-20-5-7-21(8-6-20)10-14(16,17)18/h1-4H,5-10H2,(H,19,22). The molecule has 1 amide bonds. The van der Waals surface area contributed by atoms with Crippen molar-refractivity contribution >= 4 is 11.6 Å². The van der Waals surface area contributed by atoms with Gasteiger partial charge in [0.1, 0.15) is 5.82 Å². The van der Waals surface area contributed by atoms with E-state index in [0.717, 1.165) is 0 Å². The van der Waals surface area contributed by atoms with Crippen LogP contribution in [-0.4, -0.2) is 61.2 Å². The topological polar surface area (TPSA) is 35.6 Å². The normalized spacial score (nSPS) is 17.5. The molecule has 22 heavy (non-hydrogen) atoms. The molecule has 1 heterocycles. The van der Waals surface area contributed by atoms with Crippen LogP contribution in [0.4, 0.5) is 23.2 Å². The van der Waals surface area contributed by atoms with Crippen LogP contribution in [0.2, 0.25) is 0 Å². The molecule has 0 aromatic heterocycles. The molecule has 0 unspecified atom stereocenters. The van der Waals surface area contributed by atoms with Crippen LogP contribution in [0.15, 0.2) is 24.3 Å². The van der Waals surface area contributed by atoms with Gasteiger partial charge in [0.25, 0.3) is 0 Å². The molecule has 0 saturated carbocycles. The van der Waals surface area contributed by atoms with Crippen LogP contribution in [0.5, 0.6) is 0 Å². The molecule has 0 radical (unpaired) electrons. The number of rotatable bonds is 4. The molecule has 1 N–H and O–H groups in total. The van der Waals surface area contributed by atoms with Crippen molar-refractivity contribution in [3.05, 3.63) is 30.1 Å². The zero-order valence-electron chi connectivity index (χ0n) is 11.9. The number of benzene rings is 1. The largest absolute Gasteiger partial charge is 0.401 e. The van der Waals surface area contributed by atoms with Gasteiger partial charge in [0.05, 0.1) is 13.1 Å². The molecule has 1 aliphatic heterocycles. The van der Waals surface area contributed by atoms with Gasteiger partial charge >= 0.3 is 6.18 Å². The number of halogens is 4. The first-order valence-electron chi connectivity index (χ1n) is 6.89. The highest BCUT2D eigenvalue weighted by atomic mass is 19.4. The quantitative estimate of drug-likeness (QED) is 0.862. The highest BCUT2D eigenvalue weighted by molar-refractivity contribution is 5.92. The van der Waals surface area contributed by atoms with E-state index < -0.39 is 18.5 Å². The summed E-state index contributed by atoms with van der Waals surface area (Å²) in [4.78, 5) is 15.0. The highest BCUT2D eigenvalue weighted by Crippen LogP contribution is 2.17. The van der Waals surface area contributed by atoms with Crippen LogP contribution in [0.1, 0.15) is 0 Å². The van der Waals surface area contributed by atoms with E-state index in [1.807, 2.05) is 0 Å². The first-order chi connectivity index (χ1) is 10.3. The number of piperazine rings is 1. The van der Waals surface area contributed by atoms with Gasteiger partial charge in [0.2, 0.25) is 5.91 Å². The van der Waals surface area contributed by atoms with Gasteiger partial charge in [0.15, 0.2) is 0 Å². The Bertz CT molecular complexity index is 496. The minimum absolute atomic E-state index is 0.108. The molecule has 1 aliphatic rings. The second kappa shape index (κ2) is 7.06. The van der Waals surface area contributed by atoms with Crippen LogP contribution < -0.4 is 5.32 Å². The third kappa shape index (κ3) is 5.61. The van der Waals surface area contributed by atoms with E-state index in [-0.39, 0.29) is 25.5 Å². The monoisotopic (exact) mass is 319 g/mol. The number of nitrogens with one attached hydrogen (secondary N) is 1. The van der Waals surface area contributed by atoms with E-state index in [1.54, 1.807) is 4.90 Å². The fraction of sp³-hybridized carbons (Fsp3) is 0.500. The van der Waals surface area contributed by atoms with Gasteiger partial charge in [0, 0.05) is 31.9 Å². The number of carbonyl (C=O) groups excluding carboxylic acids is 1. The third-order valence-corrected chi connectivity index (χ3v) is 3.36. The molecule has 122 valence electrons. The molecule has 0 atom stereocenters. The molecular formula is C14H17F4N3O. The van der Waals surface area contributed by atoms with E-state index in [0.29, 0.717) is 18.8 Å². The number of hydrogen-bond acceptors (Lipinski definition) is 3. The van der Waals surface area contributed by atoms with Crippen LogP contribution in [-0.2, 0) is 4.79 Å². The molecule has 4 nitrogen and oxygen atoms in total. The van der Waals surface area contributed by atoms with Crippen LogP contribution in [0.3, 0.4) is 0 Å². The smallest absolute Gasteiger partial charge is 0.325 e. The molecule has 1 aromatic carbocycles. The Kier molecular flexibility index (Phi) is 5.36. The van der Waals surface area contributed by atoms with Gasteiger partial charge in [-0.2, -0.15) is 13.2 Å². The number of anilines is 1. The van der Waals surface area contributed by atoms with Crippen molar-refractivity contribution in [3.63, 3.8) is 0 Å². The molecule has 0 spiro atoms. The lowest BCUT2D eigenvalue weighted by atomic mass is 10.3. The lowest BCUT2D eigenvalue weighted by Gasteiger charge is -2.34. The highest BCUT2D eigenvalue weighted by Gasteiger charge is 2.32. The summed E-state index contributed by atoms with van der Waals surface area (Å²) in [6, 6.07) is 5.39. The predicted octanol–water partition coefficient (Wildman–Crippen LogP) is 1.94. The van der Waals surface area contributed by atoms with Crippen LogP contribution in [0.25, 0.3) is 0 Å². The second-order valence-corrected chi connectivity index (χ2v) is 5.22. The molecule has 0 bridgehead atoms. The van der Waals surface area contributed by atoms with Crippen molar-refractivity contribution in [2.75, 3.05) is 44.6 Å². The Morgan fingerprint density at radius 3 is 2.14 bits per heavy atom. The van der Waals surface area contributed by atoms with Gasteiger partial charge in [-0.25, -0.2) is 4.39 Å². The molecule has 1 aromatic rings. The zero-order chi connectivity index (χ0) is 16.2. The van der Waals surface area contributed by atoms with E-state index in [4.69, 9.17) is 0 Å². The zero-order valence-corrected chi connectivity index (χ0v) is 11.9. The Morgan fingerprint density at radius 1 is 1.05 bits per heavy atom. The summed E-state index contributed by atoms with van der Waals surface area (Å²) >= 11 is 0. The van der Waals surface area contributed by atoms with Crippen molar-refractivity contribution in [1.82, 2.24) is 9.80 Å². The van der Waals surface area contributed by atoms with Gasteiger partial charge < -0.3 is 5.32 Å². The first kappa shape index (κ1) is 16.7. The van der Waals surface area contributed by atoms with Crippen molar-refractivity contribution in [2.45, 2.75) is 6.18 Å². The van der Waals surface area contributed by atoms with E-state index in [9.17, 15) is 22.4 Å². The fourth-order valence-electron chi connectivity index (χ4n) is 2.30. The summed E-state index contributed by atoms with van der Waals surface area (Å²) in [5.74, 6) is -0.658. The summed E-state index contributed by atoms with van der Waals surface area (Å²) in [5.41, 5.74) is 0.488. The maximum absolute atomic E-state index is 12.7. The summed E-state index contributed by atoms with van der Waals surface area (Å²) < 4.78 is 49.6. The summed E-state index contributed by atoms with van der Waals surface area (Å²) in [6.07, 6.45) is -4.19. The molecule has 1 fully saturated rings. The second-order valence-electron chi connectivity index (χ2n) is 5.22. The average molecular weight is 319 g/mol.